The largest absolute Gasteiger partial charge is 0.387 e. The van der Waals surface area contributed by atoms with Gasteiger partial charge >= 0.3 is 0 Å². The molecule has 1 rings (SSSR count). The minimum atomic E-state index is -0.411. The highest BCUT2D eigenvalue weighted by Gasteiger charge is 2.10. The van der Waals surface area contributed by atoms with Gasteiger partial charge in [0.25, 0.3) is 0 Å². The molecule has 0 atom stereocenters. The molecule has 13 heavy (non-hydrogen) atoms. The van der Waals surface area contributed by atoms with Crippen LogP contribution in [0.1, 0.15) is 11.1 Å². The number of hydrogen-bond acceptors (Lipinski definition) is 1. The standard InChI is InChI=1S/C9H10ClFN2/c1-5-2-3-7(11)6(9(5)10)4-8(12)13/h2-3H,4H2,1H3,(H3,12,13). The fourth-order valence-corrected chi connectivity index (χ4v) is 1.29. The van der Waals surface area contributed by atoms with Crippen LogP contribution in [0.25, 0.3) is 0 Å². The highest BCUT2D eigenvalue weighted by atomic mass is 35.5. The Kier molecular flexibility index (Phi) is 2.88. The van der Waals surface area contributed by atoms with Crippen LogP contribution in [0, 0.1) is 18.2 Å². The van der Waals surface area contributed by atoms with E-state index in [4.69, 9.17) is 22.7 Å². The van der Waals surface area contributed by atoms with Crippen LogP contribution in [-0.2, 0) is 6.42 Å². The summed E-state index contributed by atoms with van der Waals surface area (Å²) < 4.78 is 13.2. The molecular weight excluding hydrogens is 191 g/mol. The zero-order valence-electron chi connectivity index (χ0n) is 7.20. The first kappa shape index (κ1) is 9.99. The second kappa shape index (κ2) is 3.75. The monoisotopic (exact) mass is 200 g/mol. The van der Waals surface area contributed by atoms with E-state index in [1.54, 1.807) is 13.0 Å². The topological polar surface area (TPSA) is 49.9 Å². The van der Waals surface area contributed by atoms with Gasteiger partial charge in [-0.1, -0.05) is 17.7 Å². The van der Waals surface area contributed by atoms with Gasteiger partial charge in [0.2, 0.25) is 0 Å². The van der Waals surface area contributed by atoms with Gasteiger partial charge in [-0.05, 0) is 18.6 Å². The number of nitrogens with one attached hydrogen (secondary N) is 1. The molecule has 0 unspecified atom stereocenters. The van der Waals surface area contributed by atoms with E-state index in [0.717, 1.165) is 5.56 Å². The predicted octanol–water partition coefficient (Wildman–Crippen LogP) is 2.27. The minimum Gasteiger partial charge on any atom is -0.387 e. The molecule has 70 valence electrons. The Morgan fingerprint density at radius 2 is 2.23 bits per heavy atom. The summed E-state index contributed by atoms with van der Waals surface area (Å²) in [6.07, 6.45) is 0.0619. The van der Waals surface area contributed by atoms with Crippen molar-refractivity contribution in [2.45, 2.75) is 13.3 Å². The molecule has 0 aliphatic rings. The first-order valence-corrected chi connectivity index (χ1v) is 4.16. The molecule has 0 aliphatic carbocycles. The van der Waals surface area contributed by atoms with Crippen LogP contribution in [0.5, 0.6) is 0 Å². The molecule has 2 nitrogen and oxygen atoms in total. The lowest BCUT2D eigenvalue weighted by atomic mass is 10.1. The van der Waals surface area contributed by atoms with Crippen molar-refractivity contribution in [2.75, 3.05) is 0 Å². The fraction of sp³-hybridized carbons (Fsp3) is 0.222. The van der Waals surface area contributed by atoms with Crippen molar-refractivity contribution >= 4 is 17.4 Å². The van der Waals surface area contributed by atoms with Crippen LogP contribution in [0.4, 0.5) is 4.39 Å². The van der Waals surface area contributed by atoms with Gasteiger partial charge in [-0.3, -0.25) is 5.41 Å². The summed E-state index contributed by atoms with van der Waals surface area (Å²) in [7, 11) is 0. The molecule has 0 saturated heterocycles. The molecule has 3 N–H and O–H groups in total. The fourth-order valence-electron chi connectivity index (χ4n) is 1.07. The second-order valence-electron chi connectivity index (χ2n) is 2.86. The van der Waals surface area contributed by atoms with Crippen molar-refractivity contribution < 1.29 is 4.39 Å². The maximum absolute atomic E-state index is 13.2. The molecule has 0 bridgehead atoms. The van der Waals surface area contributed by atoms with Crippen LogP contribution < -0.4 is 5.73 Å². The van der Waals surface area contributed by atoms with Crippen molar-refractivity contribution in [1.82, 2.24) is 0 Å². The molecule has 0 radical (unpaired) electrons. The van der Waals surface area contributed by atoms with Gasteiger partial charge in [0.05, 0.1) is 10.9 Å². The Labute approximate surface area is 81.0 Å². The third-order valence-electron chi connectivity index (χ3n) is 1.75. The number of hydrogen-bond donors (Lipinski definition) is 2. The van der Waals surface area contributed by atoms with Crippen LogP contribution in [0.2, 0.25) is 5.02 Å². The third kappa shape index (κ3) is 2.18. The zero-order chi connectivity index (χ0) is 10.0. The summed E-state index contributed by atoms with van der Waals surface area (Å²) in [6.45, 7) is 1.78. The van der Waals surface area contributed by atoms with Crippen molar-refractivity contribution in [3.63, 3.8) is 0 Å². The Hall–Kier alpha value is -1.09. The Bertz CT molecular complexity index is 350. The summed E-state index contributed by atoms with van der Waals surface area (Å²) in [5, 5.41) is 7.40. The molecule has 1 aromatic rings. The third-order valence-corrected chi connectivity index (χ3v) is 2.27. The molecule has 4 heteroatoms. The summed E-state index contributed by atoms with van der Waals surface area (Å²) >= 11 is 5.85. The quantitative estimate of drug-likeness (QED) is 0.559. The lowest BCUT2D eigenvalue weighted by Crippen LogP contribution is -2.14. The highest BCUT2D eigenvalue weighted by Crippen LogP contribution is 2.23. The van der Waals surface area contributed by atoms with E-state index in [1.807, 2.05) is 0 Å². The highest BCUT2D eigenvalue weighted by molar-refractivity contribution is 6.32. The summed E-state index contributed by atoms with van der Waals surface area (Å²) in [5.41, 5.74) is 6.26. The SMILES string of the molecule is Cc1ccc(F)c(CC(=N)N)c1Cl. The predicted molar refractivity (Wildman–Crippen MR) is 51.8 cm³/mol. The van der Waals surface area contributed by atoms with E-state index >= 15 is 0 Å². The van der Waals surface area contributed by atoms with Crippen LogP contribution >= 0.6 is 11.6 Å². The normalized spacial score (nSPS) is 10.1. The lowest BCUT2D eigenvalue weighted by molar-refractivity contribution is 0.615. The first-order valence-electron chi connectivity index (χ1n) is 3.78. The van der Waals surface area contributed by atoms with Gasteiger partial charge in [-0.2, -0.15) is 0 Å². The molecule has 0 aliphatic heterocycles. The van der Waals surface area contributed by atoms with Crippen LogP contribution in [0.3, 0.4) is 0 Å². The summed E-state index contributed by atoms with van der Waals surface area (Å²) in [5.74, 6) is -0.503. The maximum Gasteiger partial charge on any atom is 0.128 e. The van der Waals surface area contributed by atoms with E-state index < -0.39 is 5.82 Å². The Balaban J connectivity index is 3.17. The smallest absolute Gasteiger partial charge is 0.128 e. The van der Waals surface area contributed by atoms with Crippen LogP contribution in [0.15, 0.2) is 12.1 Å². The molecule has 0 fully saturated rings. The van der Waals surface area contributed by atoms with Crippen molar-refractivity contribution in [2.24, 2.45) is 5.73 Å². The molecular formula is C9H10ClFN2. The maximum atomic E-state index is 13.2. The number of halogens is 2. The van der Waals surface area contributed by atoms with E-state index in [9.17, 15) is 4.39 Å². The van der Waals surface area contributed by atoms with E-state index in [-0.39, 0.29) is 12.3 Å². The van der Waals surface area contributed by atoms with Crippen molar-refractivity contribution in [3.05, 3.63) is 34.1 Å². The molecule has 0 spiro atoms. The number of aryl methyl sites for hydroxylation is 1. The number of benzene rings is 1. The average molecular weight is 201 g/mol. The second-order valence-corrected chi connectivity index (χ2v) is 3.24. The molecule has 0 saturated carbocycles. The average Bonchev–Trinajstić information content (AvgIpc) is 2.05. The Morgan fingerprint density at radius 1 is 1.62 bits per heavy atom. The van der Waals surface area contributed by atoms with Crippen molar-refractivity contribution in [3.8, 4) is 0 Å². The summed E-state index contributed by atoms with van der Waals surface area (Å²) in [6, 6.07) is 2.93. The van der Waals surface area contributed by atoms with Gasteiger partial charge in [-0.15, -0.1) is 0 Å². The molecule has 0 heterocycles. The number of rotatable bonds is 2. The van der Waals surface area contributed by atoms with Gasteiger partial charge < -0.3 is 5.73 Å². The van der Waals surface area contributed by atoms with Gasteiger partial charge in [-0.25, -0.2) is 4.39 Å². The van der Waals surface area contributed by atoms with Crippen molar-refractivity contribution in [1.29, 1.82) is 5.41 Å². The van der Waals surface area contributed by atoms with Gasteiger partial charge in [0, 0.05) is 12.0 Å². The van der Waals surface area contributed by atoms with Gasteiger partial charge in [0.15, 0.2) is 0 Å². The number of amidine groups is 1. The van der Waals surface area contributed by atoms with E-state index in [2.05, 4.69) is 0 Å². The van der Waals surface area contributed by atoms with E-state index in [0.29, 0.717) is 10.6 Å². The van der Waals surface area contributed by atoms with Gasteiger partial charge in [0.1, 0.15) is 5.82 Å². The lowest BCUT2D eigenvalue weighted by Gasteiger charge is -2.06. The zero-order valence-corrected chi connectivity index (χ0v) is 7.95. The Morgan fingerprint density at radius 3 is 2.77 bits per heavy atom. The molecule has 0 amide bonds. The molecule has 1 aromatic carbocycles. The van der Waals surface area contributed by atoms with Crippen LogP contribution in [-0.4, -0.2) is 5.84 Å². The van der Waals surface area contributed by atoms with E-state index in [1.165, 1.54) is 6.07 Å². The first-order chi connectivity index (χ1) is 6.02. The molecule has 0 aromatic heterocycles. The number of nitrogens with two attached hydrogens (primary N) is 1. The minimum absolute atomic E-state index is 0.0619. The summed E-state index contributed by atoms with van der Waals surface area (Å²) in [4.78, 5) is 0.